The van der Waals surface area contributed by atoms with Crippen molar-refractivity contribution in [2.45, 2.75) is 18.1 Å². The van der Waals surface area contributed by atoms with Crippen LogP contribution in [0.4, 0.5) is 0 Å². The molecule has 1 fully saturated rings. The summed E-state index contributed by atoms with van der Waals surface area (Å²) in [6.45, 7) is 0. The molecule has 4 nitrogen and oxygen atoms in total. The van der Waals surface area contributed by atoms with Crippen molar-refractivity contribution < 1.29 is 8.42 Å². The zero-order chi connectivity index (χ0) is 7.78. The average molecular weight is 160 g/mol. The maximum atomic E-state index is 10.5. The van der Waals surface area contributed by atoms with Gasteiger partial charge < -0.3 is 0 Å². The van der Waals surface area contributed by atoms with Crippen LogP contribution in [0, 0.1) is 17.2 Å². The largest absolute Gasteiger partial charge is 0.228 e. The first kappa shape index (κ1) is 7.51. The molecule has 56 valence electrons. The second kappa shape index (κ2) is 2.22. The number of primary sulfonamides is 1. The van der Waals surface area contributed by atoms with Crippen molar-refractivity contribution in [2.75, 3.05) is 0 Å². The highest BCUT2D eigenvalue weighted by Gasteiger charge is 2.36. The van der Waals surface area contributed by atoms with Gasteiger partial charge in [-0.1, -0.05) is 0 Å². The molecule has 0 unspecified atom stereocenters. The van der Waals surface area contributed by atoms with Gasteiger partial charge in [-0.05, 0) is 12.8 Å². The first-order chi connectivity index (χ1) is 4.54. The van der Waals surface area contributed by atoms with Crippen LogP contribution in [0.5, 0.6) is 0 Å². The normalized spacial score (nSPS) is 32.4. The van der Waals surface area contributed by atoms with Crippen LogP contribution >= 0.6 is 0 Å². The summed E-state index contributed by atoms with van der Waals surface area (Å²) in [6, 6.07) is 1.98. The Balaban J connectivity index is 2.50. The highest BCUT2D eigenvalue weighted by molar-refractivity contribution is 7.89. The third-order valence-corrected chi connectivity index (χ3v) is 3.06. The lowest BCUT2D eigenvalue weighted by Gasteiger charge is -2.27. The van der Waals surface area contributed by atoms with Gasteiger partial charge in [-0.2, -0.15) is 5.26 Å². The van der Waals surface area contributed by atoms with Gasteiger partial charge in [0, 0.05) is 5.92 Å². The van der Waals surface area contributed by atoms with Gasteiger partial charge in [-0.25, -0.2) is 13.6 Å². The van der Waals surface area contributed by atoms with Crippen LogP contribution in [-0.4, -0.2) is 13.7 Å². The van der Waals surface area contributed by atoms with Gasteiger partial charge in [0.25, 0.3) is 0 Å². The zero-order valence-corrected chi connectivity index (χ0v) is 6.13. The van der Waals surface area contributed by atoms with E-state index < -0.39 is 15.3 Å². The monoisotopic (exact) mass is 160 g/mol. The number of rotatable bonds is 1. The lowest BCUT2D eigenvalue weighted by molar-refractivity contribution is 0.391. The van der Waals surface area contributed by atoms with Gasteiger partial charge in [0.15, 0.2) is 0 Å². The third-order valence-electron chi connectivity index (χ3n) is 1.74. The van der Waals surface area contributed by atoms with E-state index in [2.05, 4.69) is 0 Å². The number of nitrogens with zero attached hydrogens (tertiary/aromatic N) is 1. The Morgan fingerprint density at radius 3 is 2.30 bits per heavy atom. The summed E-state index contributed by atoms with van der Waals surface area (Å²) in [5, 5.41) is 12.6. The number of hydrogen-bond donors (Lipinski definition) is 1. The second-order valence-electron chi connectivity index (χ2n) is 2.51. The Kier molecular flexibility index (Phi) is 1.67. The predicted octanol–water partition coefficient (Wildman–Crippen LogP) is -0.423. The molecule has 0 saturated heterocycles. The molecule has 1 saturated carbocycles. The number of nitriles is 1. The minimum atomic E-state index is -3.36. The van der Waals surface area contributed by atoms with Crippen molar-refractivity contribution in [3.05, 3.63) is 0 Å². The minimum absolute atomic E-state index is 0.0941. The lowest BCUT2D eigenvalue weighted by atomic mass is 9.86. The molecule has 0 amide bonds. The van der Waals surface area contributed by atoms with Gasteiger partial charge in [-0.15, -0.1) is 0 Å². The van der Waals surface area contributed by atoms with E-state index in [1.165, 1.54) is 0 Å². The smallest absolute Gasteiger partial charge is 0.212 e. The van der Waals surface area contributed by atoms with E-state index in [1.54, 1.807) is 0 Å². The van der Waals surface area contributed by atoms with Crippen LogP contribution in [-0.2, 0) is 10.0 Å². The third kappa shape index (κ3) is 1.28. The fraction of sp³-hybridized carbons (Fsp3) is 0.800. The molecule has 0 aromatic rings. The first-order valence-electron chi connectivity index (χ1n) is 2.95. The topological polar surface area (TPSA) is 83.9 Å². The predicted molar refractivity (Wildman–Crippen MR) is 35.2 cm³/mol. The quantitative estimate of drug-likeness (QED) is 0.565. The van der Waals surface area contributed by atoms with Gasteiger partial charge in [0.2, 0.25) is 10.0 Å². The maximum absolute atomic E-state index is 10.5. The molecule has 0 aromatic carbocycles. The molecule has 0 aliphatic heterocycles. The molecule has 0 aromatic heterocycles. The van der Waals surface area contributed by atoms with Gasteiger partial charge >= 0.3 is 0 Å². The minimum Gasteiger partial charge on any atom is -0.228 e. The summed E-state index contributed by atoms with van der Waals surface area (Å²) in [6.07, 6.45) is 0.824. The Hall–Kier alpha value is -0.600. The number of sulfonamides is 1. The molecule has 10 heavy (non-hydrogen) atoms. The van der Waals surface area contributed by atoms with E-state index in [-0.39, 0.29) is 5.92 Å². The molecular weight excluding hydrogens is 152 g/mol. The Bertz CT molecular complexity index is 258. The van der Waals surface area contributed by atoms with Crippen LogP contribution in [0.25, 0.3) is 0 Å². The van der Waals surface area contributed by atoms with E-state index in [0.717, 1.165) is 0 Å². The summed E-state index contributed by atoms with van der Waals surface area (Å²) >= 11 is 0. The summed E-state index contributed by atoms with van der Waals surface area (Å²) in [7, 11) is -3.36. The fourth-order valence-corrected chi connectivity index (χ4v) is 1.94. The molecule has 1 aliphatic rings. The highest BCUT2D eigenvalue weighted by atomic mass is 32.2. The lowest BCUT2D eigenvalue weighted by Crippen LogP contribution is -2.39. The summed E-state index contributed by atoms with van der Waals surface area (Å²) in [5.41, 5.74) is 0. The molecule has 0 atom stereocenters. The highest BCUT2D eigenvalue weighted by Crippen LogP contribution is 2.30. The van der Waals surface area contributed by atoms with E-state index in [1.807, 2.05) is 6.07 Å². The Morgan fingerprint density at radius 2 is 2.00 bits per heavy atom. The molecular formula is C5H8N2O2S. The summed E-state index contributed by atoms with van der Waals surface area (Å²) in [4.78, 5) is 0. The van der Waals surface area contributed by atoms with Crippen molar-refractivity contribution in [1.82, 2.24) is 0 Å². The molecule has 2 N–H and O–H groups in total. The molecule has 0 heterocycles. The molecule has 1 rings (SSSR count). The Labute approximate surface area is 59.7 Å². The first-order valence-corrected chi connectivity index (χ1v) is 4.56. The van der Waals surface area contributed by atoms with Crippen molar-refractivity contribution in [3.63, 3.8) is 0 Å². The van der Waals surface area contributed by atoms with E-state index in [0.29, 0.717) is 12.8 Å². The zero-order valence-electron chi connectivity index (χ0n) is 5.32. The molecule has 0 radical (unpaired) electrons. The van der Waals surface area contributed by atoms with Gasteiger partial charge in [-0.3, -0.25) is 0 Å². The standard InChI is InChI=1S/C5H8N2O2S/c6-3-4-1-5(2-4)10(7,8)9/h4-5H,1-2H2,(H2,7,8,9). The number of nitrogens with two attached hydrogens (primary N) is 1. The van der Waals surface area contributed by atoms with Crippen LogP contribution in [0.2, 0.25) is 0 Å². The average Bonchev–Trinajstić information content (AvgIpc) is 1.57. The van der Waals surface area contributed by atoms with Crippen LogP contribution < -0.4 is 5.14 Å². The van der Waals surface area contributed by atoms with Crippen molar-refractivity contribution in [2.24, 2.45) is 11.1 Å². The van der Waals surface area contributed by atoms with Crippen LogP contribution in [0.15, 0.2) is 0 Å². The van der Waals surface area contributed by atoms with Crippen molar-refractivity contribution in [3.8, 4) is 6.07 Å². The van der Waals surface area contributed by atoms with Crippen molar-refractivity contribution in [1.29, 1.82) is 5.26 Å². The van der Waals surface area contributed by atoms with E-state index in [9.17, 15) is 8.42 Å². The molecule has 0 bridgehead atoms. The summed E-state index contributed by atoms with van der Waals surface area (Å²) < 4.78 is 21.1. The molecule has 1 aliphatic carbocycles. The SMILES string of the molecule is N#CC1CC(S(N)(=O)=O)C1. The van der Waals surface area contributed by atoms with E-state index in [4.69, 9.17) is 10.4 Å². The Morgan fingerprint density at radius 1 is 1.50 bits per heavy atom. The van der Waals surface area contributed by atoms with Crippen LogP contribution in [0.1, 0.15) is 12.8 Å². The van der Waals surface area contributed by atoms with Crippen LogP contribution in [0.3, 0.4) is 0 Å². The number of hydrogen-bond acceptors (Lipinski definition) is 3. The summed E-state index contributed by atoms with van der Waals surface area (Å²) in [5.74, 6) is -0.0941. The molecule has 5 heteroatoms. The fourth-order valence-electron chi connectivity index (χ4n) is 0.939. The second-order valence-corrected chi connectivity index (χ2v) is 4.35. The van der Waals surface area contributed by atoms with Crippen molar-refractivity contribution >= 4 is 10.0 Å². The van der Waals surface area contributed by atoms with Gasteiger partial charge in [0.1, 0.15) is 0 Å². The van der Waals surface area contributed by atoms with E-state index >= 15 is 0 Å². The maximum Gasteiger partial charge on any atom is 0.212 e. The van der Waals surface area contributed by atoms with Gasteiger partial charge in [0.05, 0.1) is 11.3 Å². The molecule has 0 spiro atoms.